The van der Waals surface area contributed by atoms with Gasteiger partial charge in [0.05, 0.1) is 6.61 Å². The average Bonchev–Trinajstić information content (AvgIpc) is 2.17. The van der Waals surface area contributed by atoms with Crippen molar-refractivity contribution in [3.05, 3.63) is 29.8 Å². The van der Waals surface area contributed by atoms with Gasteiger partial charge in [-0.3, -0.25) is 0 Å². The first kappa shape index (κ1) is 12.1. The number of halogens is 2. The van der Waals surface area contributed by atoms with Crippen LogP contribution in [0, 0.1) is 0 Å². The monoisotopic (exact) mass is 216 g/mol. The third kappa shape index (κ3) is 3.95. The van der Waals surface area contributed by atoms with Crippen LogP contribution in [0.5, 0.6) is 0 Å². The van der Waals surface area contributed by atoms with Gasteiger partial charge in [-0.2, -0.15) is 0 Å². The lowest BCUT2D eigenvalue weighted by atomic mass is 9.77. The summed E-state index contributed by atoms with van der Waals surface area (Å²) in [5, 5.41) is 17.9. The minimum atomic E-state index is -2.52. The molecule has 2 N–H and O–H groups in total. The predicted molar refractivity (Wildman–Crippen MR) is 51.9 cm³/mol. The second-order valence-electron chi connectivity index (χ2n) is 2.98. The van der Waals surface area contributed by atoms with E-state index in [1.165, 1.54) is 6.07 Å². The topological polar surface area (TPSA) is 49.7 Å². The van der Waals surface area contributed by atoms with Gasteiger partial charge in [-0.05, 0) is 11.0 Å². The van der Waals surface area contributed by atoms with E-state index >= 15 is 0 Å². The van der Waals surface area contributed by atoms with Crippen LogP contribution in [0.3, 0.4) is 0 Å². The Bertz CT molecular complexity index is 307. The van der Waals surface area contributed by atoms with Crippen molar-refractivity contribution in [2.24, 2.45) is 0 Å². The molecule has 0 aliphatic rings. The van der Waals surface area contributed by atoms with Crippen molar-refractivity contribution in [2.75, 3.05) is 6.61 Å². The van der Waals surface area contributed by atoms with Gasteiger partial charge in [0.1, 0.15) is 6.61 Å². The van der Waals surface area contributed by atoms with Crippen LogP contribution < -0.4 is 5.46 Å². The highest BCUT2D eigenvalue weighted by Crippen LogP contribution is 2.01. The van der Waals surface area contributed by atoms with Crippen LogP contribution in [-0.2, 0) is 11.3 Å². The van der Waals surface area contributed by atoms with Gasteiger partial charge in [-0.1, -0.05) is 24.3 Å². The molecule has 0 saturated carbocycles. The van der Waals surface area contributed by atoms with Crippen LogP contribution in [0.2, 0.25) is 0 Å². The van der Waals surface area contributed by atoms with Gasteiger partial charge in [0.25, 0.3) is 6.43 Å². The lowest BCUT2D eigenvalue weighted by Crippen LogP contribution is -2.33. The third-order valence-corrected chi connectivity index (χ3v) is 1.83. The van der Waals surface area contributed by atoms with Gasteiger partial charge in [0.15, 0.2) is 0 Å². The Morgan fingerprint density at radius 3 is 2.53 bits per heavy atom. The van der Waals surface area contributed by atoms with Gasteiger partial charge in [0.2, 0.25) is 0 Å². The zero-order valence-electron chi connectivity index (χ0n) is 7.94. The summed E-state index contributed by atoms with van der Waals surface area (Å²) in [7, 11) is -1.61. The zero-order chi connectivity index (χ0) is 11.3. The number of hydrogen-bond acceptors (Lipinski definition) is 3. The maximum atomic E-state index is 11.8. The molecule has 0 atom stereocenters. The summed E-state index contributed by atoms with van der Waals surface area (Å²) in [5.74, 6) is 0. The Balaban J connectivity index is 2.59. The fourth-order valence-electron chi connectivity index (χ4n) is 1.18. The molecule has 0 aliphatic heterocycles. The van der Waals surface area contributed by atoms with E-state index < -0.39 is 20.2 Å². The highest BCUT2D eigenvalue weighted by atomic mass is 19.3. The first-order valence-corrected chi connectivity index (χ1v) is 4.41. The summed E-state index contributed by atoms with van der Waals surface area (Å²) in [5.41, 5.74) is 0.764. The summed E-state index contributed by atoms with van der Waals surface area (Å²) in [6.07, 6.45) is -2.52. The van der Waals surface area contributed by atoms with E-state index in [0.29, 0.717) is 5.56 Å². The van der Waals surface area contributed by atoms with E-state index in [0.717, 1.165) is 0 Å². The number of rotatable bonds is 5. The average molecular weight is 216 g/mol. The highest BCUT2D eigenvalue weighted by Gasteiger charge is 2.15. The molecular weight excluding hydrogens is 205 g/mol. The van der Waals surface area contributed by atoms with Crippen molar-refractivity contribution in [1.29, 1.82) is 0 Å². The second-order valence-corrected chi connectivity index (χ2v) is 2.98. The molecule has 0 radical (unpaired) electrons. The molecule has 0 aliphatic carbocycles. The predicted octanol–water partition coefficient (Wildman–Crippen LogP) is 0.148. The van der Waals surface area contributed by atoms with Gasteiger partial charge in [-0.15, -0.1) is 0 Å². The van der Waals surface area contributed by atoms with Gasteiger partial charge < -0.3 is 14.8 Å². The molecule has 3 nitrogen and oxygen atoms in total. The summed E-state index contributed by atoms with van der Waals surface area (Å²) in [6, 6.07) is 6.41. The minimum absolute atomic E-state index is 0.0574. The molecule has 0 fully saturated rings. The molecule has 0 saturated heterocycles. The van der Waals surface area contributed by atoms with Gasteiger partial charge in [0, 0.05) is 0 Å². The minimum Gasteiger partial charge on any atom is -0.423 e. The van der Waals surface area contributed by atoms with E-state index in [-0.39, 0.29) is 12.1 Å². The molecule has 0 spiro atoms. The lowest BCUT2D eigenvalue weighted by Gasteiger charge is -2.08. The van der Waals surface area contributed by atoms with Crippen molar-refractivity contribution in [2.45, 2.75) is 13.0 Å². The highest BCUT2D eigenvalue weighted by molar-refractivity contribution is 6.59. The number of alkyl halides is 2. The van der Waals surface area contributed by atoms with Crippen molar-refractivity contribution < 1.29 is 23.6 Å². The van der Waals surface area contributed by atoms with E-state index in [9.17, 15) is 8.78 Å². The normalized spacial score (nSPS) is 10.7. The number of ether oxygens (including phenoxy) is 1. The first-order valence-electron chi connectivity index (χ1n) is 4.41. The standard InChI is InChI=1S/C9H11BF2O3/c11-9(12)6-15-5-7-3-1-2-4-8(7)10(13)14/h1-4,9,13-14H,5-6H2. The molecule has 0 amide bonds. The quantitative estimate of drug-likeness (QED) is 0.688. The molecule has 1 rings (SSSR count). The molecule has 15 heavy (non-hydrogen) atoms. The molecule has 0 bridgehead atoms. The molecule has 6 heteroatoms. The molecular formula is C9H11BF2O3. The van der Waals surface area contributed by atoms with E-state index in [1.54, 1.807) is 18.2 Å². The van der Waals surface area contributed by atoms with Crippen molar-refractivity contribution in [3.63, 3.8) is 0 Å². The first-order chi connectivity index (χ1) is 7.11. The van der Waals surface area contributed by atoms with Crippen LogP contribution in [0.1, 0.15) is 5.56 Å². The zero-order valence-corrected chi connectivity index (χ0v) is 7.94. The van der Waals surface area contributed by atoms with E-state index in [2.05, 4.69) is 0 Å². The molecule has 0 aromatic heterocycles. The summed E-state index contributed by atoms with van der Waals surface area (Å²) < 4.78 is 28.2. The summed E-state index contributed by atoms with van der Waals surface area (Å²) in [6.45, 7) is -0.714. The van der Waals surface area contributed by atoms with Crippen LogP contribution in [0.25, 0.3) is 0 Å². The Kier molecular flexibility index (Phi) is 4.67. The Hall–Kier alpha value is -0.975. The van der Waals surface area contributed by atoms with Crippen LogP contribution in [-0.4, -0.2) is 30.2 Å². The largest absolute Gasteiger partial charge is 0.488 e. The summed E-state index contributed by atoms with van der Waals surface area (Å²) in [4.78, 5) is 0. The van der Waals surface area contributed by atoms with Gasteiger partial charge in [-0.25, -0.2) is 8.78 Å². The maximum absolute atomic E-state index is 11.8. The molecule has 82 valence electrons. The molecule has 0 heterocycles. The fourth-order valence-corrected chi connectivity index (χ4v) is 1.18. The smallest absolute Gasteiger partial charge is 0.423 e. The Labute approximate surface area is 86.5 Å². The second kappa shape index (κ2) is 5.80. The molecule has 1 aromatic carbocycles. The SMILES string of the molecule is OB(O)c1ccccc1COCC(F)F. The molecule has 1 aromatic rings. The number of hydrogen-bond donors (Lipinski definition) is 2. The van der Waals surface area contributed by atoms with Crippen LogP contribution in [0.4, 0.5) is 8.78 Å². The Morgan fingerprint density at radius 2 is 1.93 bits per heavy atom. The van der Waals surface area contributed by atoms with Crippen molar-refractivity contribution >= 4 is 12.6 Å². The molecule has 0 unspecified atom stereocenters. The summed E-state index contributed by atoms with van der Waals surface area (Å²) >= 11 is 0. The van der Waals surface area contributed by atoms with E-state index in [4.69, 9.17) is 14.8 Å². The van der Waals surface area contributed by atoms with E-state index in [1.807, 2.05) is 0 Å². The van der Waals surface area contributed by atoms with Crippen LogP contribution in [0.15, 0.2) is 24.3 Å². The fraction of sp³-hybridized carbons (Fsp3) is 0.333. The van der Waals surface area contributed by atoms with Crippen molar-refractivity contribution in [3.8, 4) is 0 Å². The number of benzene rings is 1. The van der Waals surface area contributed by atoms with Gasteiger partial charge >= 0.3 is 7.12 Å². The third-order valence-electron chi connectivity index (χ3n) is 1.83. The lowest BCUT2D eigenvalue weighted by molar-refractivity contribution is 0.0101. The maximum Gasteiger partial charge on any atom is 0.488 e. The van der Waals surface area contributed by atoms with Crippen molar-refractivity contribution in [1.82, 2.24) is 0 Å². The Morgan fingerprint density at radius 1 is 1.27 bits per heavy atom. The van der Waals surface area contributed by atoms with Crippen LogP contribution >= 0.6 is 0 Å².